The van der Waals surface area contributed by atoms with Crippen LogP contribution < -0.4 is 0 Å². The third-order valence-corrected chi connectivity index (χ3v) is 6.74. The Morgan fingerprint density at radius 2 is 2.00 bits per heavy atom. The lowest BCUT2D eigenvalue weighted by Gasteiger charge is -2.18. The van der Waals surface area contributed by atoms with E-state index in [1.807, 2.05) is 6.08 Å². The van der Waals surface area contributed by atoms with Gasteiger partial charge in [-0.2, -0.15) is 0 Å². The van der Waals surface area contributed by atoms with Gasteiger partial charge in [-0.05, 0) is 56.3 Å². The molecule has 0 amide bonds. The minimum atomic E-state index is -0.726. The highest BCUT2D eigenvalue weighted by atomic mass is 16.4. The lowest BCUT2D eigenvalue weighted by atomic mass is 9.89. The fourth-order valence-electron chi connectivity index (χ4n) is 5.42. The minimum absolute atomic E-state index is 0.156. The fourth-order valence-corrected chi connectivity index (χ4v) is 5.42. The first-order valence-corrected chi connectivity index (χ1v) is 10.5. The molecule has 0 heterocycles. The van der Waals surface area contributed by atoms with Crippen molar-refractivity contribution < 1.29 is 20.1 Å². The molecule has 3 aliphatic rings. The maximum Gasteiger partial charge on any atom is 0.303 e. The zero-order chi connectivity index (χ0) is 18.5. The van der Waals surface area contributed by atoms with Crippen molar-refractivity contribution in [2.75, 3.05) is 0 Å². The van der Waals surface area contributed by atoms with Gasteiger partial charge in [-0.3, -0.25) is 4.79 Å². The van der Waals surface area contributed by atoms with E-state index in [1.165, 1.54) is 31.3 Å². The van der Waals surface area contributed by atoms with E-state index in [0.29, 0.717) is 24.2 Å². The van der Waals surface area contributed by atoms with E-state index < -0.39 is 5.97 Å². The number of carbonyl (C=O) groups is 1. The van der Waals surface area contributed by atoms with E-state index in [4.69, 9.17) is 5.11 Å². The summed E-state index contributed by atoms with van der Waals surface area (Å²) in [5.74, 6) is 1.12. The molecule has 3 saturated carbocycles. The second-order valence-corrected chi connectivity index (χ2v) is 8.70. The number of aliphatic hydroxyl groups is 2. The summed E-state index contributed by atoms with van der Waals surface area (Å²) in [4.78, 5) is 10.6. The Bertz CT molecular complexity index is 532. The standard InChI is InChI=1S/C22H34O4/c23-18(12-15-5-1-2-6-15)9-10-19-20-13-16(7-3-4-8-22(25)26)11-17(20)14-21(19)24/h7,9-10,15,17-21,23-24H,1-6,8,11-14H2,(H,25,26)/t17-,18+,19-,20+,21-/m1/s1. The molecule has 0 radical (unpaired) electrons. The number of fused-ring (bicyclic) bond motifs is 1. The SMILES string of the molecule is O=C(O)CCCC=C1C[C@@H]2C[C@@H](O)[C@H](C=C[C@H](O)CC3CCCC3)[C@H]2C1. The summed E-state index contributed by atoms with van der Waals surface area (Å²) in [6.45, 7) is 0. The second-order valence-electron chi connectivity index (χ2n) is 8.70. The molecule has 0 saturated heterocycles. The Morgan fingerprint density at radius 3 is 2.73 bits per heavy atom. The highest BCUT2D eigenvalue weighted by Crippen LogP contribution is 2.50. The summed E-state index contributed by atoms with van der Waals surface area (Å²) in [7, 11) is 0. The van der Waals surface area contributed by atoms with Crippen LogP contribution in [0, 0.1) is 23.7 Å². The summed E-state index contributed by atoms with van der Waals surface area (Å²) >= 11 is 0. The summed E-state index contributed by atoms with van der Waals surface area (Å²) in [5.41, 5.74) is 1.43. The molecule has 0 aliphatic heterocycles. The first-order chi connectivity index (χ1) is 12.5. The van der Waals surface area contributed by atoms with Gasteiger partial charge in [0.15, 0.2) is 0 Å². The number of aliphatic hydroxyl groups excluding tert-OH is 2. The lowest BCUT2D eigenvalue weighted by molar-refractivity contribution is -0.137. The molecule has 3 N–H and O–H groups in total. The van der Waals surface area contributed by atoms with Gasteiger partial charge >= 0.3 is 5.97 Å². The van der Waals surface area contributed by atoms with Gasteiger partial charge in [-0.15, -0.1) is 0 Å². The van der Waals surface area contributed by atoms with Crippen LogP contribution in [-0.2, 0) is 4.79 Å². The summed E-state index contributed by atoms with van der Waals surface area (Å²) in [6, 6.07) is 0. The summed E-state index contributed by atoms with van der Waals surface area (Å²) < 4.78 is 0. The molecular weight excluding hydrogens is 328 g/mol. The van der Waals surface area contributed by atoms with Gasteiger partial charge in [0.05, 0.1) is 12.2 Å². The molecule has 4 nitrogen and oxygen atoms in total. The lowest BCUT2D eigenvalue weighted by Crippen LogP contribution is -2.18. The molecule has 3 rings (SSSR count). The molecule has 0 aromatic carbocycles. The minimum Gasteiger partial charge on any atom is -0.481 e. The van der Waals surface area contributed by atoms with Crippen molar-refractivity contribution in [2.24, 2.45) is 23.7 Å². The number of aliphatic carboxylic acids is 1. The Kier molecular flexibility index (Phi) is 6.93. The van der Waals surface area contributed by atoms with E-state index in [2.05, 4.69) is 12.2 Å². The van der Waals surface area contributed by atoms with Gasteiger partial charge in [0.25, 0.3) is 0 Å². The average Bonchev–Trinajstić information content (AvgIpc) is 3.27. The molecule has 4 heteroatoms. The first kappa shape index (κ1) is 19.6. The maximum atomic E-state index is 10.6. The molecule has 0 spiro atoms. The van der Waals surface area contributed by atoms with Crippen LogP contribution in [-0.4, -0.2) is 33.5 Å². The summed E-state index contributed by atoms with van der Waals surface area (Å²) in [5, 5.41) is 29.5. The van der Waals surface area contributed by atoms with Crippen LogP contribution >= 0.6 is 0 Å². The van der Waals surface area contributed by atoms with Crippen LogP contribution in [0.15, 0.2) is 23.8 Å². The molecule has 3 aliphatic carbocycles. The van der Waals surface area contributed by atoms with E-state index in [9.17, 15) is 15.0 Å². The Labute approximate surface area is 157 Å². The third-order valence-electron chi connectivity index (χ3n) is 6.74. The second kappa shape index (κ2) is 9.18. The van der Waals surface area contributed by atoms with E-state index >= 15 is 0 Å². The number of hydrogen-bond acceptors (Lipinski definition) is 3. The zero-order valence-corrected chi connectivity index (χ0v) is 15.7. The number of hydrogen-bond donors (Lipinski definition) is 3. The Hall–Kier alpha value is -1.13. The van der Waals surface area contributed by atoms with Crippen LogP contribution in [0.3, 0.4) is 0 Å². The van der Waals surface area contributed by atoms with Crippen molar-refractivity contribution in [1.82, 2.24) is 0 Å². The highest BCUT2D eigenvalue weighted by Gasteiger charge is 2.44. The van der Waals surface area contributed by atoms with Crippen LogP contribution in [0.4, 0.5) is 0 Å². The van der Waals surface area contributed by atoms with Gasteiger partial charge < -0.3 is 15.3 Å². The van der Waals surface area contributed by atoms with E-state index in [-0.39, 0.29) is 24.5 Å². The highest BCUT2D eigenvalue weighted by molar-refractivity contribution is 5.66. The molecule has 0 unspecified atom stereocenters. The molecule has 146 valence electrons. The predicted octanol–water partition coefficient (Wildman–Crippen LogP) is 4.07. The van der Waals surface area contributed by atoms with Crippen molar-refractivity contribution >= 4 is 5.97 Å². The quantitative estimate of drug-likeness (QED) is 0.449. The van der Waals surface area contributed by atoms with Crippen molar-refractivity contribution in [3.05, 3.63) is 23.8 Å². The van der Waals surface area contributed by atoms with E-state index in [0.717, 1.165) is 32.1 Å². The van der Waals surface area contributed by atoms with Crippen LogP contribution in [0.2, 0.25) is 0 Å². The molecule has 26 heavy (non-hydrogen) atoms. The monoisotopic (exact) mass is 362 g/mol. The summed E-state index contributed by atoms with van der Waals surface area (Å²) in [6.07, 6.45) is 16.2. The molecular formula is C22H34O4. The maximum absolute atomic E-state index is 10.6. The van der Waals surface area contributed by atoms with E-state index in [1.54, 1.807) is 0 Å². The van der Waals surface area contributed by atoms with Crippen molar-refractivity contribution in [2.45, 2.75) is 82.8 Å². The Balaban J connectivity index is 1.49. The van der Waals surface area contributed by atoms with Gasteiger partial charge in [0.2, 0.25) is 0 Å². The molecule has 5 atom stereocenters. The fraction of sp³-hybridized carbons (Fsp3) is 0.773. The topological polar surface area (TPSA) is 77.8 Å². The number of carboxylic acid groups (broad SMARTS) is 1. The normalized spacial score (nSPS) is 34.8. The van der Waals surface area contributed by atoms with Crippen molar-refractivity contribution in [1.29, 1.82) is 0 Å². The third kappa shape index (κ3) is 5.20. The average molecular weight is 363 g/mol. The van der Waals surface area contributed by atoms with Gasteiger partial charge in [0, 0.05) is 12.3 Å². The molecule has 0 aromatic rings. The number of unbranched alkanes of at least 4 members (excludes halogenated alkanes) is 1. The van der Waals surface area contributed by atoms with Gasteiger partial charge in [0.1, 0.15) is 0 Å². The molecule has 0 bridgehead atoms. The number of rotatable bonds is 8. The largest absolute Gasteiger partial charge is 0.481 e. The van der Waals surface area contributed by atoms with Crippen LogP contribution in [0.1, 0.15) is 70.6 Å². The van der Waals surface area contributed by atoms with Gasteiger partial charge in [-0.1, -0.05) is 49.5 Å². The van der Waals surface area contributed by atoms with Crippen molar-refractivity contribution in [3.63, 3.8) is 0 Å². The van der Waals surface area contributed by atoms with Crippen LogP contribution in [0.25, 0.3) is 0 Å². The Morgan fingerprint density at radius 1 is 1.23 bits per heavy atom. The van der Waals surface area contributed by atoms with Crippen molar-refractivity contribution in [3.8, 4) is 0 Å². The van der Waals surface area contributed by atoms with Crippen LogP contribution in [0.5, 0.6) is 0 Å². The number of carboxylic acids is 1. The first-order valence-electron chi connectivity index (χ1n) is 10.5. The smallest absolute Gasteiger partial charge is 0.303 e. The molecule has 3 fully saturated rings. The number of allylic oxidation sites excluding steroid dienone is 2. The molecule has 0 aromatic heterocycles. The zero-order valence-electron chi connectivity index (χ0n) is 15.7. The van der Waals surface area contributed by atoms with Gasteiger partial charge in [-0.25, -0.2) is 0 Å². The predicted molar refractivity (Wildman–Crippen MR) is 102 cm³/mol.